The first-order valence-corrected chi connectivity index (χ1v) is 8.66. The van der Waals surface area contributed by atoms with Crippen molar-refractivity contribution in [3.05, 3.63) is 46.7 Å². The second-order valence-electron chi connectivity index (χ2n) is 5.50. The zero-order valence-electron chi connectivity index (χ0n) is 14.9. The van der Waals surface area contributed by atoms with E-state index in [0.717, 1.165) is 24.5 Å². The Bertz CT molecular complexity index is 657. The fraction of sp³-hybridized carbons (Fsp3) is 0.333. The fourth-order valence-electron chi connectivity index (χ4n) is 1.93. The van der Waals surface area contributed by atoms with E-state index < -0.39 is 11.9 Å². The van der Waals surface area contributed by atoms with Gasteiger partial charge in [0.05, 0.1) is 7.11 Å². The molecule has 142 valence electrons. The molecule has 0 spiro atoms. The largest absolute Gasteiger partial charge is 0.497 e. The Morgan fingerprint density at radius 2 is 1.65 bits per heavy atom. The van der Waals surface area contributed by atoms with Crippen LogP contribution < -0.4 is 9.47 Å². The van der Waals surface area contributed by atoms with Crippen LogP contribution in [0.4, 0.5) is 0 Å². The third kappa shape index (κ3) is 8.00. The molecule has 7 nitrogen and oxygen atoms in total. The van der Waals surface area contributed by atoms with E-state index in [1.54, 1.807) is 18.4 Å². The molecule has 2 rings (SSSR count). The van der Waals surface area contributed by atoms with Crippen LogP contribution in [0, 0.1) is 0 Å². The van der Waals surface area contributed by atoms with E-state index in [1.807, 2.05) is 24.3 Å². The molecule has 1 atom stereocenters. The Morgan fingerprint density at radius 3 is 2.08 bits per heavy atom. The lowest BCUT2D eigenvalue weighted by Crippen LogP contribution is -2.18. The first-order chi connectivity index (χ1) is 12.3. The highest BCUT2D eigenvalue weighted by atomic mass is 32.1. The molecule has 0 aliphatic heterocycles. The molecule has 1 unspecified atom stereocenters. The summed E-state index contributed by atoms with van der Waals surface area (Å²) < 4.78 is 11.3. The van der Waals surface area contributed by atoms with E-state index in [4.69, 9.17) is 29.3 Å². The van der Waals surface area contributed by atoms with Crippen LogP contribution in [-0.2, 0) is 9.59 Å². The Morgan fingerprint density at radius 1 is 1.08 bits per heavy atom. The first-order valence-electron chi connectivity index (χ1n) is 7.78. The third-order valence-corrected chi connectivity index (χ3v) is 4.18. The first kappa shape index (κ1) is 21.5. The maximum absolute atomic E-state index is 9.10. The number of carboxylic acids is 2. The molecular formula is C18H23NO6S. The van der Waals surface area contributed by atoms with Gasteiger partial charge in [-0.3, -0.25) is 0 Å². The number of thiophene rings is 1. The van der Waals surface area contributed by atoms with Crippen molar-refractivity contribution < 1.29 is 29.3 Å². The standard InChI is InChI=1S/C16H21NO2S.C2H2O4/c1-17(2)11-10-15(16-5-4-12-20-16)19-14-8-6-13(18-3)7-9-14;3-1(4)2(5)6/h4-9,12,15H,10-11H2,1-3H3;(H,3,4)(H,5,6). The highest BCUT2D eigenvalue weighted by molar-refractivity contribution is 7.10. The van der Waals surface area contributed by atoms with Crippen molar-refractivity contribution in [2.45, 2.75) is 12.5 Å². The highest BCUT2D eigenvalue weighted by Crippen LogP contribution is 2.29. The van der Waals surface area contributed by atoms with Crippen LogP contribution in [0.5, 0.6) is 11.5 Å². The Labute approximate surface area is 156 Å². The van der Waals surface area contributed by atoms with E-state index in [0.29, 0.717) is 0 Å². The van der Waals surface area contributed by atoms with Gasteiger partial charge >= 0.3 is 11.9 Å². The molecular weight excluding hydrogens is 358 g/mol. The van der Waals surface area contributed by atoms with Crippen molar-refractivity contribution in [2.24, 2.45) is 0 Å². The lowest BCUT2D eigenvalue weighted by molar-refractivity contribution is -0.159. The second-order valence-corrected chi connectivity index (χ2v) is 6.48. The van der Waals surface area contributed by atoms with Gasteiger partial charge in [0.2, 0.25) is 0 Å². The van der Waals surface area contributed by atoms with Crippen LogP contribution in [-0.4, -0.2) is 54.8 Å². The number of nitrogens with zero attached hydrogens (tertiary/aromatic N) is 1. The van der Waals surface area contributed by atoms with Gasteiger partial charge < -0.3 is 24.6 Å². The number of rotatable bonds is 7. The minimum absolute atomic E-state index is 0.103. The average molecular weight is 381 g/mol. The van der Waals surface area contributed by atoms with Gasteiger partial charge in [-0.1, -0.05) is 6.07 Å². The average Bonchev–Trinajstić information content (AvgIpc) is 3.14. The molecule has 1 aromatic heterocycles. The van der Waals surface area contributed by atoms with Gasteiger partial charge in [0.1, 0.15) is 17.6 Å². The summed E-state index contributed by atoms with van der Waals surface area (Å²) in [5, 5.41) is 16.9. The number of hydrogen-bond donors (Lipinski definition) is 2. The molecule has 0 radical (unpaired) electrons. The van der Waals surface area contributed by atoms with Crippen molar-refractivity contribution in [2.75, 3.05) is 27.7 Å². The molecule has 8 heteroatoms. The summed E-state index contributed by atoms with van der Waals surface area (Å²) in [6.45, 7) is 0.999. The van der Waals surface area contributed by atoms with Gasteiger partial charge in [0.15, 0.2) is 0 Å². The van der Waals surface area contributed by atoms with E-state index in [1.165, 1.54) is 4.88 Å². The molecule has 0 aliphatic carbocycles. The summed E-state index contributed by atoms with van der Waals surface area (Å²) in [5.41, 5.74) is 0. The summed E-state index contributed by atoms with van der Waals surface area (Å²) in [6, 6.07) is 12.0. The van der Waals surface area contributed by atoms with E-state index in [9.17, 15) is 0 Å². The minimum atomic E-state index is -1.82. The van der Waals surface area contributed by atoms with Gasteiger partial charge in [-0.2, -0.15) is 0 Å². The maximum atomic E-state index is 9.10. The van der Waals surface area contributed by atoms with E-state index in [2.05, 4.69) is 36.5 Å². The number of methoxy groups -OCH3 is 1. The van der Waals surface area contributed by atoms with Gasteiger partial charge in [-0.15, -0.1) is 11.3 Å². The number of carboxylic acid groups (broad SMARTS) is 2. The number of hydrogen-bond acceptors (Lipinski definition) is 6. The van der Waals surface area contributed by atoms with Crippen LogP contribution >= 0.6 is 11.3 Å². The molecule has 2 N–H and O–H groups in total. The highest BCUT2D eigenvalue weighted by Gasteiger charge is 2.15. The number of carbonyl (C=O) groups is 2. The smallest absolute Gasteiger partial charge is 0.414 e. The lowest BCUT2D eigenvalue weighted by atomic mass is 10.2. The minimum Gasteiger partial charge on any atom is -0.497 e. The topological polar surface area (TPSA) is 96.3 Å². The number of benzene rings is 1. The SMILES string of the molecule is COc1ccc(OC(CCN(C)C)c2cccs2)cc1.O=C(O)C(=O)O. The van der Waals surface area contributed by atoms with Crippen LogP contribution in [0.3, 0.4) is 0 Å². The molecule has 26 heavy (non-hydrogen) atoms. The van der Waals surface area contributed by atoms with Crippen molar-refractivity contribution >= 4 is 23.3 Å². The summed E-state index contributed by atoms with van der Waals surface area (Å²) in [7, 11) is 5.83. The molecule has 0 amide bonds. The maximum Gasteiger partial charge on any atom is 0.414 e. The Kier molecular flexibility index (Phi) is 9.18. The zero-order chi connectivity index (χ0) is 19.5. The summed E-state index contributed by atoms with van der Waals surface area (Å²) >= 11 is 1.74. The number of aliphatic carboxylic acids is 2. The van der Waals surface area contributed by atoms with Gasteiger partial charge in [-0.25, -0.2) is 9.59 Å². The van der Waals surface area contributed by atoms with Gasteiger partial charge in [0, 0.05) is 17.8 Å². The van der Waals surface area contributed by atoms with Gasteiger partial charge in [-0.05, 0) is 49.8 Å². The van der Waals surface area contributed by atoms with Crippen LogP contribution in [0.2, 0.25) is 0 Å². The second kappa shape index (κ2) is 11.1. The predicted octanol–water partition coefficient (Wildman–Crippen LogP) is 2.98. The fourth-order valence-corrected chi connectivity index (χ4v) is 2.72. The molecule has 1 heterocycles. The molecule has 0 fully saturated rings. The number of ether oxygens (including phenoxy) is 2. The molecule has 2 aromatic rings. The summed E-state index contributed by atoms with van der Waals surface area (Å²) in [4.78, 5) is 21.6. The van der Waals surface area contributed by atoms with Crippen molar-refractivity contribution in [3.63, 3.8) is 0 Å². The quantitative estimate of drug-likeness (QED) is 0.712. The predicted molar refractivity (Wildman–Crippen MR) is 99.1 cm³/mol. The van der Waals surface area contributed by atoms with Crippen LogP contribution in [0.25, 0.3) is 0 Å². The normalized spacial score (nSPS) is 11.2. The van der Waals surface area contributed by atoms with E-state index in [-0.39, 0.29) is 6.10 Å². The van der Waals surface area contributed by atoms with Crippen molar-refractivity contribution in [3.8, 4) is 11.5 Å². The Balaban J connectivity index is 0.000000487. The molecule has 0 saturated heterocycles. The monoisotopic (exact) mass is 381 g/mol. The zero-order valence-corrected chi connectivity index (χ0v) is 15.7. The summed E-state index contributed by atoms with van der Waals surface area (Å²) in [6.07, 6.45) is 1.07. The van der Waals surface area contributed by atoms with E-state index >= 15 is 0 Å². The molecule has 0 aliphatic rings. The van der Waals surface area contributed by atoms with Crippen LogP contribution in [0.1, 0.15) is 17.4 Å². The molecule has 1 aromatic carbocycles. The van der Waals surface area contributed by atoms with Crippen molar-refractivity contribution in [1.82, 2.24) is 4.90 Å². The summed E-state index contributed by atoms with van der Waals surface area (Å²) in [5.74, 6) is -1.92. The Hall–Kier alpha value is -2.58. The molecule has 0 bridgehead atoms. The van der Waals surface area contributed by atoms with Crippen molar-refractivity contribution in [1.29, 1.82) is 0 Å². The van der Waals surface area contributed by atoms with Crippen LogP contribution in [0.15, 0.2) is 41.8 Å². The third-order valence-electron chi connectivity index (χ3n) is 3.22. The molecule has 0 saturated carbocycles. The lowest BCUT2D eigenvalue weighted by Gasteiger charge is -2.20. The van der Waals surface area contributed by atoms with Gasteiger partial charge in [0.25, 0.3) is 0 Å².